The van der Waals surface area contributed by atoms with E-state index in [9.17, 15) is 9.59 Å². The Kier molecular flexibility index (Phi) is 7.54. The zero-order valence-electron chi connectivity index (χ0n) is 18.7. The van der Waals surface area contributed by atoms with Gasteiger partial charge in [-0.25, -0.2) is 5.10 Å². The maximum atomic E-state index is 11.0. The summed E-state index contributed by atoms with van der Waals surface area (Å²) in [5, 5.41) is 10.8. The molecule has 5 rings (SSSR count). The van der Waals surface area contributed by atoms with Crippen LogP contribution in [0.25, 0.3) is 0 Å². The first-order chi connectivity index (χ1) is 16.0. The summed E-state index contributed by atoms with van der Waals surface area (Å²) in [6, 6.07) is 13.3. The van der Waals surface area contributed by atoms with Gasteiger partial charge in [-0.05, 0) is 73.9 Å². The van der Waals surface area contributed by atoms with Crippen LogP contribution in [0.2, 0.25) is 0 Å². The van der Waals surface area contributed by atoms with E-state index in [-0.39, 0.29) is 4.87 Å². The first kappa shape index (κ1) is 23.2. The number of hydrogen-bond donors (Lipinski definition) is 3. The SMILES string of the molecule is CN1CC[C@@H](c2n[nH]c(=O)s2)C1.NC(=O)c1ccc(OCc2cccc3c2CCNC3)cc1. The monoisotopic (exact) mass is 467 g/mol. The van der Waals surface area contributed by atoms with E-state index in [0.29, 0.717) is 18.1 Å². The summed E-state index contributed by atoms with van der Waals surface area (Å²) in [5.41, 5.74) is 9.69. The molecule has 33 heavy (non-hydrogen) atoms. The highest BCUT2D eigenvalue weighted by Gasteiger charge is 2.23. The molecule has 0 saturated carbocycles. The molecule has 1 saturated heterocycles. The van der Waals surface area contributed by atoms with Crippen molar-refractivity contribution in [3.63, 3.8) is 0 Å². The van der Waals surface area contributed by atoms with Gasteiger partial charge in [-0.1, -0.05) is 29.5 Å². The predicted molar refractivity (Wildman–Crippen MR) is 129 cm³/mol. The second-order valence-corrected chi connectivity index (χ2v) is 9.35. The summed E-state index contributed by atoms with van der Waals surface area (Å²) < 4.78 is 5.82. The van der Waals surface area contributed by atoms with Crippen molar-refractivity contribution < 1.29 is 9.53 Å². The van der Waals surface area contributed by atoms with Gasteiger partial charge in [0.1, 0.15) is 17.4 Å². The Morgan fingerprint density at radius 2 is 2.09 bits per heavy atom. The van der Waals surface area contributed by atoms with Crippen LogP contribution in [0.1, 0.15) is 44.4 Å². The lowest BCUT2D eigenvalue weighted by Gasteiger charge is -2.20. The number of rotatable bonds is 5. The van der Waals surface area contributed by atoms with Crippen LogP contribution in [0, 0.1) is 0 Å². The number of likely N-dealkylation sites (tertiary alicyclic amines) is 1. The average Bonchev–Trinajstić information content (AvgIpc) is 3.46. The van der Waals surface area contributed by atoms with Gasteiger partial charge < -0.3 is 20.7 Å². The molecule has 1 atom stereocenters. The highest BCUT2D eigenvalue weighted by molar-refractivity contribution is 7.08. The summed E-state index contributed by atoms with van der Waals surface area (Å²) in [4.78, 5) is 24.1. The van der Waals surface area contributed by atoms with Gasteiger partial charge in [0.2, 0.25) is 5.91 Å². The Balaban J connectivity index is 0.000000183. The Labute approximate surface area is 196 Å². The third-order valence-electron chi connectivity index (χ3n) is 5.97. The number of nitrogens with zero attached hydrogens (tertiary/aromatic N) is 2. The van der Waals surface area contributed by atoms with E-state index in [2.05, 4.69) is 45.7 Å². The molecule has 2 aromatic carbocycles. The number of amides is 1. The van der Waals surface area contributed by atoms with Gasteiger partial charge in [-0.3, -0.25) is 9.59 Å². The number of likely N-dealkylation sites (N-methyl/N-ethyl adjacent to an activating group) is 1. The molecule has 174 valence electrons. The van der Waals surface area contributed by atoms with Gasteiger partial charge >= 0.3 is 4.87 Å². The van der Waals surface area contributed by atoms with Crippen LogP contribution in [-0.2, 0) is 19.6 Å². The summed E-state index contributed by atoms with van der Waals surface area (Å²) in [7, 11) is 2.09. The second kappa shape index (κ2) is 10.7. The predicted octanol–water partition coefficient (Wildman–Crippen LogP) is 2.26. The summed E-state index contributed by atoms with van der Waals surface area (Å²) in [5.74, 6) is 0.789. The number of carbonyl (C=O) groups is 1. The third-order valence-corrected chi connectivity index (χ3v) is 6.88. The molecule has 1 fully saturated rings. The molecule has 0 bridgehead atoms. The standard InChI is InChI=1S/C17H18N2O2.C7H11N3OS/c18-17(20)12-4-6-15(7-5-12)21-11-14-3-1-2-13-10-19-9-8-16(13)14;1-10-3-2-5(4-10)6-8-9-7(11)12-6/h1-7,19H,8-11H2,(H2,18,20);5H,2-4H2,1H3,(H,9,11)/t;5-/m.1/s1. The zero-order valence-corrected chi connectivity index (χ0v) is 19.5. The van der Waals surface area contributed by atoms with Crippen molar-refractivity contribution in [1.29, 1.82) is 0 Å². The maximum Gasteiger partial charge on any atom is 0.322 e. The molecule has 0 spiro atoms. The van der Waals surface area contributed by atoms with Crippen molar-refractivity contribution in [2.45, 2.75) is 31.9 Å². The molecule has 0 aliphatic carbocycles. The van der Waals surface area contributed by atoms with E-state index < -0.39 is 5.91 Å². The minimum atomic E-state index is -0.425. The second-order valence-electron chi connectivity index (χ2n) is 8.36. The van der Waals surface area contributed by atoms with Gasteiger partial charge in [0.15, 0.2) is 0 Å². The van der Waals surface area contributed by atoms with E-state index in [1.807, 2.05) is 0 Å². The summed E-state index contributed by atoms with van der Waals surface area (Å²) in [6.07, 6.45) is 2.16. The zero-order chi connectivity index (χ0) is 23.2. The Morgan fingerprint density at radius 3 is 2.76 bits per heavy atom. The lowest BCUT2D eigenvalue weighted by Crippen LogP contribution is -2.24. The molecule has 9 heteroatoms. The molecule has 1 aromatic heterocycles. The topological polar surface area (TPSA) is 113 Å². The Bertz CT molecular complexity index is 1140. The van der Waals surface area contributed by atoms with Crippen LogP contribution >= 0.6 is 11.3 Å². The smallest absolute Gasteiger partial charge is 0.322 e. The van der Waals surface area contributed by atoms with E-state index in [1.165, 1.54) is 28.0 Å². The summed E-state index contributed by atoms with van der Waals surface area (Å²) in [6.45, 7) is 4.62. The summed E-state index contributed by atoms with van der Waals surface area (Å²) >= 11 is 1.24. The molecule has 8 nitrogen and oxygen atoms in total. The van der Waals surface area contributed by atoms with Gasteiger partial charge in [-0.15, -0.1) is 0 Å². The molecule has 2 aliphatic heterocycles. The first-order valence-corrected chi connectivity index (χ1v) is 11.9. The van der Waals surface area contributed by atoms with Crippen molar-refractivity contribution in [2.24, 2.45) is 5.73 Å². The number of carbonyl (C=O) groups excluding carboxylic acids is 1. The van der Waals surface area contributed by atoms with Gasteiger partial charge in [0, 0.05) is 24.6 Å². The van der Waals surface area contributed by atoms with Crippen LogP contribution in [0.4, 0.5) is 0 Å². The van der Waals surface area contributed by atoms with Crippen molar-refractivity contribution in [1.82, 2.24) is 20.4 Å². The largest absolute Gasteiger partial charge is 0.489 e. The van der Waals surface area contributed by atoms with Crippen LogP contribution in [-0.4, -0.2) is 47.7 Å². The van der Waals surface area contributed by atoms with Crippen LogP contribution < -0.4 is 20.7 Å². The number of nitrogens with two attached hydrogens (primary N) is 1. The average molecular weight is 468 g/mol. The van der Waals surface area contributed by atoms with Crippen LogP contribution in [0.5, 0.6) is 5.75 Å². The lowest BCUT2D eigenvalue weighted by atomic mass is 9.96. The fourth-order valence-electron chi connectivity index (χ4n) is 4.18. The Morgan fingerprint density at radius 1 is 1.27 bits per heavy atom. The number of aromatic nitrogens is 2. The molecule has 0 unspecified atom stereocenters. The van der Waals surface area contributed by atoms with Crippen LogP contribution in [0.3, 0.4) is 0 Å². The quantitative estimate of drug-likeness (QED) is 0.531. The molecular weight excluding hydrogens is 438 g/mol. The number of hydrogen-bond acceptors (Lipinski definition) is 7. The highest BCUT2D eigenvalue weighted by atomic mass is 32.1. The molecule has 3 heterocycles. The molecule has 4 N–H and O–H groups in total. The minimum absolute atomic E-state index is 0.0421. The van der Waals surface area contributed by atoms with E-state index in [1.54, 1.807) is 24.3 Å². The number of primary amides is 1. The van der Waals surface area contributed by atoms with E-state index in [0.717, 1.165) is 49.8 Å². The minimum Gasteiger partial charge on any atom is -0.489 e. The number of ether oxygens (including phenoxy) is 1. The fraction of sp³-hybridized carbons (Fsp3) is 0.375. The third kappa shape index (κ3) is 6.07. The number of aromatic amines is 1. The number of benzene rings is 2. The first-order valence-electron chi connectivity index (χ1n) is 11.1. The van der Waals surface area contributed by atoms with Crippen molar-refractivity contribution in [3.05, 3.63) is 79.4 Å². The van der Waals surface area contributed by atoms with Crippen molar-refractivity contribution >= 4 is 17.2 Å². The number of H-pyrrole nitrogens is 1. The number of nitrogens with one attached hydrogen (secondary N) is 2. The Hall–Kier alpha value is -3.01. The fourth-order valence-corrected chi connectivity index (χ4v) is 4.91. The lowest BCUT2D eigenvalue weighted by molar-refractivity contribution is 0.1000. The van der Waals surface area contributed by atoms with Crippen molar-refractivity contribution in [3.8, 4) is 5.75 Å². The highest BCUT2D eigenvalue weighted by Crippen LogP contribution is 2.25. The maximum absolute atomic E-state index is 11.0. The van der Waals surface area contributed by atoms with Crippen molar-refractivity contribution in [2.75, 3.05) is 26.7 Å². The molecule has 2 aliphatic rings. The van der Waals surface area contributed by atoms with Gasteiger partial charge in [0.05, 0.1) is 0 Å². The van der Waals surface area contributed by atoms with Crippen LogP contribution in [0.15, 0.2) is 47.3 Å². The van der Waals surface area contributed by atoms with E-state index >= 15 is 0 Å². The van der Waals surface area contributed by atoms with Gasteiger partial charge in [0.25, 0.3) is 0 Å². The van der Waals surface area contributed by atoms with E-state index in [4.69, 9.17) is 10.5 Å². The molecule has 0 radical (unpaired) electrons. The molecule has 3 aromatic rings. The molecular formula is C24H29N5O3S. The number of fused-ring (bicyclic) bond motifs is 1. The van der Waals surface area contributed by atoms with Gasteiger partial charge in [-0.2, -0.15) is 5.10 Å². The molecule has 1 amide bonds. The normalized spacial score (nSPS) is 17.7.